The Hall–Kier alpha value is -3.52. The standard InChI is InChI=1S/C29H30ClFN2O5/c1-38-29(37)24(14-20-8-5-9-26(20)34)32-28(36)25-15-21(18-6-3-2-4-7-18)17-33(25)27(35)13-11-19-10-12-22(30)16-23(19)31/h2-4,6-7,10-13,16,20-21,24-25H,5,8-9,14-15,17H2,1H3,(H,32,36)/b13-11+/t20-,21+,24-,25?/m0/s1. The second kappa shape index (κ2) is 12.3. The van der Waals surface area contributed by atoms with Crippen LogP contribution in [0.4, 0.5) is 4.39 Å². The molecule has 2 aromatic carbocycles. The number of hydrogen-bond donors (Lipinski definition) is 1. The van der Waals surface area contributed by atoms with Gasteiger partial charge in [-0.2, -0.15) is 0 Å². The van der Waals surface area contributed by atoms with Crippen LogP contribution in [0.2, 0.25) is 5.02 Å². The first-order valence-electron chi connectivity index (χ1n) is 12.7. The molecule has 2 aromatic rings. The predicted molar refractivity (Wildman–Crippen MR) is 141 cm³/mol. The Labute approximate surface area is 226 Å². The molecule has 1 saturated heterocycles. The third-order valence-corrected chi connectivity index (χ3v) is 7.51. The summed E-state index contributed by atoms with van der Waals surface area (Å²) in [6, 6.07) is 11.8. The Morgan fingerprint density at radius 2 is 1.97 bits per heavy atom. The van der Waals surface area contributed by atoms with E-state index in [0.717, 1.165) is 18.1 Å². The van der Waals surface area contributed by atoms with E-state index in [0.29, 0.717) is 19.3 Å². The van der Waals surface area contributed by atoms with Crippen LogP contribution >= 0.6 is 11.6 Å². The Morgan fingerprint density at radius 3 is 2.63 bits per heavy atom. The average Bonchev–Trinajstić information content (AvgIpc) is 3.54. The summed E-state index contributed by atoms with van der Waals surface area (Å²) in [5.74, 6) is -2.50. The molecule has 1 unspecified atom stereocenters. The van der Waals surface area contributed by atoms with Crippen molar-refractivity contribution >= 4 is 41.2 Å². The maximum Gasteiger partial charge on any atom is 0.328 e. The fourth-order valence-corrected chi connectivity index (χ4v) is 5.39. The van der Waals surface area contributed by atoms with E-state index in [1.165, 1.54) is 36.3 Å². The molecule has 7 nitrogen and oxygen atoms in total. The van der Waals surface area contributed by atoms with Gasteiger partial charge in [-0.3, -0.25) is 14.4 Å². The fraction of sp³-hybridized carbons (Fsp3) is 0.379. The molecule has 0 spiro atoms. The molecule has 0 bridgehead atoms. The summed E-state index contributed by atoms with van der Waals surface area (Å²) in [7, 11) is 1.23. The number of methoxy groups -OCH3 is 1. The molecule has 0 aromatic heterocycles. The summed E-state index contributed by atoms with van der Waals surface area (Å²) in [6.07, 6.45) is 4.98. The molecule has 1 heterocycles. The minimum absolute atomic E-state index is 0.0783. The van der Waals surface area contributed by atoms with Gasteiger partial charge in [0.1, 0.15) is 23.7 Å². The molecule has 2 amide bonds. The second-order valence-electron chi connectivity index (χ2n) is 9.72. The highest BCUT2D eigenvalue weighted by Crippen LogP contribution is 2.33. The fourth-order valence-electron chi connectivity index (χ4n) is 5.23. The smallest absolute Gasteiger partial charge is 0.328 e. The van der Waals surface area contributed by atoms with Crippen LogP contribution in [0.25, 0.3) is 6.08 Å². The van der Waals surface area contributed by atoms with Gasteiger partial charge in [0.05, 0.1) is 7.11 Å². The normalized spacial score (nSPS) is 22.0. The molecule has 2 fully saturated rings. The van der Waals surface area contributed by atoms with Crippen LogP contribution in [-0.2, 0) is 23.9 Å². The first-order chi connectivity index (χ1) is 18.3. The molecule has 0 radical (unpaired) electrons. The number of amides is 2. The van der Waals surface area contributed by atoms with Gasteiger partial charge in [-0.25, -0.2) is 9.18 Å². The molecule has 4 rings (SSSR count). The maximum atomic E-state index is 14.2. The molecule has 1 aliphatic heterocycles. The number of likely N-dealkylation sites (tertiary alicyclic amines) is 1. The Balaban J connectivity index is 1.55. The van der Waals surface area contributed by atoms with Crippen molar-refractivity contribution in [2.24, 2.45) is 5.92 Å². The minimum atomic E-state index is -0.994. The number of ketones is 1. The third kappa shape index (κ3) is 6.48. The summed E-state index contributed by atoms with van der Waals surface area (Å²) in [6.45, 7) is 0.276. The van der Waals surface area contributed by atoms with Crippen molar-refractivity contribution in [3.8, 4) is 0 Å². The zero-order valence-electron chi connectivity index (χ0n) is 21.1. The van der Waals surface area contributed by atoms with Gasteiger partial charge in [0, 0.05) is 41.5 Å². The van der Waals surface area contributed by atoms with Crippen molar-refractivity contribution in [3.05, 3.63) is 76.6 Å². The first-order valence-corrected chi connectivity index (χ1v) is 13.0. The molecular formula is C29H30ClFN2O5. The molecule has 4 atom stereocenters. The van der Waals surface area contributed by atoms with E-state index in [1.54, 1.807) is 0 Å². The Morgan fingerprint density at radius 1 is 1.21 bits per heavy atom. The van der Waals surface area contributed by atoms with Crippen molar-refractivity contribution < 1.29 is 28.3 Å². The number of benzene rings is 2. The third-order valence-electron chi connectivity index (χ3n) is 7.28. The lowest BCUT2D eigenvalue weighted by Crippen LogP contribution is -2.51. The van der Waals surface area contributed by atoms with Gasteiger partial charge in [-0.05, 0) is 49.5 Å². The quantitative estimate of drug-likeness (QED) is 0.398. The lowest BCUT2D eigenvalue weighted by atomic mass is 9.95. The number of Topliss-reactive ketones (excluding diaryl/α,β-unsaturated/α-hetero) is 1. The highest BCUT2D eigenvalue weighted by atomic mass is 35.5. The topological polar surface area (TPSA) is 92.8 Å². The lowest BCUT2D eigenvalue weighted by Gasteiger charge is -2.25. The summed E-state index contributed by atoms with van der Waals surface area (Å²) < 4.78 is 19.1. The molecule has 1 N–H and O–H groups in total. The zero-order valence-corrected chi connectivity index (χ0v) is 21.8. The SMILES string of the molecule is COC(=O)[C@H](C[C@@H]1CCCC1=O)NC(=O)C1C[C@@H](c2ccccc2)CN1C(=O)/C=C/c1ccc(Cl)cc1F. The number of carbonyl (C=O) groups is 4. The molecule has 1 aliphatic carbocycles. The van der Waals surface area contributed by atoms with Crippen molar-refractivity contribution in [3.63, 3.8) is 0 Å². The van der Waals surface area contributed by atoms with Crippen LogP contribution in [0.15, 0.2) is 54.6 Å². The molecule has 1 saturated carbocycles. The number of halogens is 2. The van der Waals surface area contributed by atoms with Crippen LogP contribution in [0, 0.1) is 11.7 Å². The lowest BCUT2D eigenvalue weighted by molar-refractivity contribution is -0.146. The molecule has 200 valence electrons. The predicted octanol–water partition coefficient (Wildman–Crippen LogP) is 4.29. The van der Waals surface area contributed by atoms with Crippen molar-refractivity contribution in [2.75, 3.05) is 13.7 Å². The molecular weight excluding hydrogens is 511 g/mol. The van der Waals surface area contributed by atoms with Crippen molar-refractivity contribution in [2.45, 2.75) is 50.1 Å². The summed E-state index contributed by atoms with van der Waals surface area (Å²) in [5, 5.41) is 2.99. The van der Waals surface area contributed by atoms with Crippen LogP contribution in [0.3, 0.4) is 0 Å². The van der Waals surface area contributed by atoms with Crippen LogP contribution in [-0.4, -0.2) is 54.2 Å². The monoisotopic (exact) mass is 540 g/mol. The number of esters is 1. The maximum absolute atomic E-state index is 14.2. The second-order valence-corrected chi connectivity index (χ2v) is 10.2. The van der Waals surface area contributed by atoms with Crippen molar-refractivity contribution in [1.29, 1.82) is 0 Å². The Bertz CT molecular complexity index is 1230. The van der Waals surface area contributed by atoms with Crippen LogP contribution in [0.5, 0.6) is 0 Å². The highest BCUT2D eigenvalue weighted by Gasteiger charge is 2.41. The molecule has 9 heteroatoms. The summed E-state index contributed by atoms with van der Waals surface area (Å²) >= 11 is 5.81. The molecule has 38 heavy (non-hydrogen) atoms. The van der Waals surface area contributed by atoms with Gasteiger partial charge in [0.2, 0.25) is 11.8 Å². The number of nitrogens with one attached hydrogen (secondary N) is 1. The Kier molecular flexibility index (Phi) is 8.94. The number of nitrogens with zero attached hydrogens (tertiary/aromatic N) is 1. The van der Waals surface area contributed by atoms with E-state index in [1.807, 2.05) is 30.3 Å². The number of ether oxygens (including phenoxy) is 1. The number of carbonyl (C=O) groups excluding carboxylic acids is 4. The first kappa shape index (κ1) is 27.5. The van der Waals surface area contributed by atoms with E-state index in [9.17, 15) is 23.6 Å². The van der Waals surface area contributed by atoms with E-state index >= 15 is 0 Å². The van der Waals surface area contributed by atoms with E-state index < -0.39 is 35.7 Å². The van der Waals surface area contributed by atoms with Gasteiger partial charge in [-0.1, -0.05) is 48.0 Å². The number of hydrogen-bond acceptors (Lipinski definition) is 5. The average molecular weight is 541 g/mol. The van der Waals surface area contributed by atoms with Gasteiger partial charge >= 0.3 is 5.97 Å². The van der Waals surface area contributed by atoms with Gasteiger partial charge in [0.15, 0.2) is 0 Å². The highest BCUT2D eigenvalue weighted by molar-refractivity contribution is 6.30. The van der Waals surface area contributed by atoms with Gasteiger partial charge in [0.25, 0.3) is 0 Å². The number of rotatable bonds is 8. The van der Waals surface area contributed by atoms with E-state index in [2.05, 4.69) is 5.32 Å². The van der Waals surface area contributed by atoms with Gasteiger partial charge in [-0.15, -0.1) is 0 Å². The van der Waals surface area contributed by atoms with Crippen molar-refractivity contribution in [1.82, 2.24) is 10.2 Å². The van der Waals surface area contributed by atoms with Crippen LogP contribution < -0.4 is 5.32 Å². The van der Waals surface area contributed by atoms with Crippen LogP contribution in [0.1, 0.15) is 49.1 Å². The summed E-state index contributed by atoms with van der Waals surface area (Å²) in [4.78, 5) is 52.9. The van der Waals surface area contributed by atoms with E-state index in [-0.39, 0.29) is 41.2 Å². The van der Waals surface area contributed by atoms with Gasteiger partial charge < -0.3 is 15.0 Å². The largest absolute Gasteiger partial charge is 0.467 e. The zero-order chi connectivity index (χ0) is 27.2. The summed E-state index contributed by atoms with van der Waals surface area (Å²) in [5.41, 5.74) is 1.17. The molecule has 2 aliphatic rings. The van der Waals surface area contributed by atoms with E-state index in [4.69, 9.17) is 16.3 Å². The minimum Gasteiger partial charge on any atom is -0.467 e.